The van der Waals surface area contributed by atoms with Crippen LogP contribution in [0.5, 0.6) is 0 Å². The number of hydrogen-bond donors (Lipinski definition) is 1. The summed E-state index contributed by atoms with van der Waals surface area (Å²) >= 11 is 6.84. The van der Waals surface area contributed by atoms with Crippen molar-refractivity contribution in [2.75, 3.05) is 5.73 Å². The molecule has 178 valence electrons. The molecule has 0 aliphatic carbocycles. The van der Waals surface area contributed by atoms with E-state index in [2.05, 4.69) is 36.8 Å². The van der Waals surface area contributed by atoms with Crippen molar-refractivity contribution in [1.82, 2.24) is 9.55 Å². The topological polar surface area (TPSA) is 113 Å². The molecule has 8 nitrogen and oxygen atoms in total. The number of fused-ring (bicyclic) bond motifs is 3. The van der Waals surface area contributed by atoms with Crippen molar-refractivity contribution >= 4 is 55.5 Å². The fraction of sp³-hybridized carbons (Fsp3) is 0.160. The van der Waals surface area contributed by atoms with Gasteiger partial charge in [0.25, 0.3) is 6.01 Å². The number of ether oxygens (including phenoxy) is 1. The van der Waals surface area contributed by atoms with Gasteiger partial charge in [0, 0.05) is 8.95 Å². The van der Waals surface area contributed by atoms with E-state index in [1.54, 1.807) is 19.9 Å². The number of carbonyl (C=O) groups excluding carboxylic acids is 1. The van der Waals surface area contributed by atoms with Gasteiger partial charge in [0.1, 0.15) is 16.6 Å². The molecule has 0 saturated heterocycles. The molecule has 0 amide bonds. The van der Waals surface area contributed by atoms with Crippen LogP contribution in [0.2, 0.25) is 0 Å². The van der Waals surface area contributed by atoms with Gasteiger partial charge in [0.2, 0.25) is 11.4 Å². The zero-order valence-corrected chi connectivity index (χ0v) is 21.8. The van der Waals surface area contributed by atoms with Gasteiger partial charge in [-0.3, -0.25) is 0 Å². The number of hydrogen-bond acceptors (Lipinski definition) is 7. The largest absolute Gasteiger partial charge is 0.459 e. The molecule has 1 aliphatic rings. The molecule has 0 saturated carbocycles. The Morgan fingerprint density at radius 3 is 2.34 bits per heavy atom. The number of carbonyl (C=O) groups is 1. The van der Waals surface area contributed by atoms with E-state index in [9.17, 15) is 9.59 Å². The number of esters is 1. The van der Waals surface area contributed by atoms with E-state index in [1.165, 1.54) is 4.57 Å². The van der Waals surface area contributed by atoms with Gasteiger partial charge < -0.3 is 19.3 Å². The maximum atomic E-state index is 13.4. The van der Waals surface area contributed by atoms with Gasteiger partial charge in [-0.2, -0.15) is 4.98 Å². The van der Waals surface area contributed by atoms with Gasteiger partial charge >= 0.3 is 11.6 Å². The van der Waals surface area contributed by atoms with Crippen molar-refractivity contribution in [1.29, 1.82) is 0 Å². The van der Waals surface area contributed by atoms with Crippen molar-refractivity contribution in [2.24, 2.45) is 0 Å². The van der Waals surface area contributed by atoms with E-state index in [1.807, 2.05) is 48.5 Å². The number of aromatic nitrogens is 2. The molecule has 0 radical (unpaired) electrons. The van der Waals surface area contributed by atoms with Crippen molar-refractivity contribution in [3.8, 4) is 5.88 Å². The van der Waals surface area contributed by atoms with E-state index < -0.39 is 23.6 Å². The number of benzene rings is 2. The second-order valence-electron chi connectivity index (χ2n) is 8.21. The van der Waals surface area contributed by atoms with Crippen LogP contribution < -0.4 is 22.3 Å². The zero-order chi connectivity index (χ0) is 24.9. The van der Waals surface area contributed by atoms with Gasteiger partial charge in [-0.05, 0) is 55.3 Å². The molecule has 0 bridgehead atoms. The van der Waals surface area contributed by atoms with E-state index in [-0.39, 0.29) is 28.4 Å². The van der Waals surface area contributed by atoms with Crippen LogP contribution in [0.25, 0.3) is 17.5 Å². The number of nitrogens with zero attached hydrogens (tertiary/aromatic N) is 2. The molecule has 5 rings (SSSR count). The van der Waals surface area contributed by atoms with Gasteiger partial charge in [-0.1, -0.05) is 56.1 Å². The first-order valence-electron chi connectivity index (χ1n) is 10.7. The fourth-order valence-corrected chi connectivity index (χ4v) is 4.54. The molecular weight excluding hydrogens is 582 g/mol. The van der Waals surface area contributed by atoms with Gasteiger partial charge in [0.05, 0.1) is 12.0 Å². The highest BCUT2D eigenvalue weighted by Crippen LogP contribution is 2.39. The Hall–Kier alpha value is -3.37. The number of oxazole rings is 2. The standard InChI is InChI=1S/C25H19Br2N3O5/c1-12(2)33-24(32)19-18(14-5-9-16(27)10-6-14)20-22(35-25(28)29-20)30-17(23(31)34-21(19)30)11-13-3-7-15(26)8-4-13/h3-12,18H,1-2H3,(H2,28,29)/b17-11+/t18-/m1/s1. The Kier molecular flexibility index (Phi) is 6.02. The second-order valence-corrected chi connectivity index (χ2v) is 10.0. The predicted molar refractivity (Wildman–Crippen MR) is 136 cm³/mol. The van der Waals surface area contributed by atoms with E-state index >= 15 is 0 Å². The summed E-state index contributed by atoms with van der Waals surface area (Å²) in [5.41, 5.74) is 7.32. The first kappa shape index (κ1) is 23.4. The van der Waals surface area contributed by atoms with Gasteiger partial charge in [-0.15, -0.1) is 0 Å². The number of halogens is 2. The van der Waals surface area contributed by atoms with Crippen LogP contribution in [0, 0.1) is 0 Å². The highest BCUT2D eigenvalue weighted by molar-refractivity contribution is 9.10. The van der Waals surface area contributed by atoms with E-state index in [0.29, 0.717) is 5.69 Å². The number of rotatable bonds is 4. The predicted octanol–water partition coefficient (Wildman–Crippen LogP) is 3.60. The fourth-order valence-electron chi connectivity index (χ4n) is 4.02. The average Bonchev–Trinajstić information content (AvgIpc) is 3.33. The molecule has 1 aliphatic heterocycles. The third kappa shape index (κ3) is 4.28. The minimum absolute atomic E-state index is 0.0144. The molecule has 2 aromatic carbocycles. The molecule has 0 fully saturated rings. The van der Waals surface area contributed by atoms with Gasteiger partial charge in [0.15, 0.2) is 0 Å². The third-order valence-electron chi connectivity index (χ3n) is 5.43. The summed E-state index contributed by atoms with van der Waals surface area (Å²) < 4.78 is 20.2. The van der Waals surface area contributed by atoms with Crippen LogP contribution in [0.1, 0.15) is 36.6 Å². The van der Waals surface area contributed by atoms with Crippen LogP contribution in [0.3, 0.4) is 0 Å². The number of anilines is 1. The third-order valence-corrected chi connectivity index (χ3v) is 6.49. The maximum absolute atomic E-state index is 13.4. The van der Waals surface area contributed by atoms with Crippen molar-refractivity contribution in [3.05, 3.63) is 95.6 Å². The molecule has 0 unspecified atom stereocenters. The SMILES string of the molecule is CC(C)OC(=O)C1=c2oc(=O)/c(=C\c3ccc(Br)cc3)n2-c2oc(N)nc2[C@@H]1c1ccc(Br)cc1. The summed E-state index contributed by atoms with van der Waals surface area (Å²) in [4.78, 5) is 30.9. The Labute approximate surface area is 216 Å². The molecular formula is C25H19Br2N3O5. The van der Waals surface area contributed by atoms with Crippen molar-refractivity contribution in [2.45, 2.75) is 25.9 Å². The summed E-state index contributed by atoms with van der Waals surface area (Å²) in [6, 6.07) is 14.7. The highest BCUT2D eigenvalue weighted by Gasteiger charge is 2.39. The Morgan fingerprint density at radius 1 is 1.09 bits per heavy atom. The lowest BCUT2D eigenvalue weighted by molar-refractivity contribution is -0.140. The summed E-state index contributed by atoms with van der Waals surface area (Å²) in [7, 11) is 0. The molecule has 2 N–H and O–H groups in total. The molecule has 1 atom stereocenters. The lowest BCUT2D eigenvalue weighted by atomic mass is 9.87. The Balaban J connectivity index is 1.88. The highest BCUT2D eigenvalue weighted by atomic mass is 79.9. The van der Waals surface area contributed by atoms with E-state index in [4.69, 9.17) is 19.3 Å². The molecule has 10 heteroatoms. The van der Waals surface area contributed by atoms with Crippen LogP contribution in [0.15, 0.2) is 71.1 Å². The molecule has 4 aromatic rings. The van der Waals surface area contributed by atoms with Crippen LogP contribution >= 0.6 is 31.9 Å². The number of nitrogen functional groups attached to an aromatic ring is 1. The summed E-state index contributed by atoms with van der Waals surface area (Å²) in [5, 5.41) is 0.156. The zero-order valence-electron chi connectivity index (χ0n) is 18.6. The molecule has 2 aromatic heterocycles. The van der Waals surface area contributed by atoms with Crippen LogP contribution in [0.4, 0.5) is 6.01 Å². The lowest BCUT2D eigenvalue weighted by Gasteiger charge is -2.22. The monoisotopic (exact) mass is 599 g/mol. The van der Waals surface area contributed by atoms with Gasteiger partial charge in [-0.25, -0.2) is 14.2 Å². The summed E-state index contributed by atoms with van der Waals surface area (Å²) in [5.74, 6) is -1.14. The quantitative estimate of drug-likeness (QED) is 0.356. The average molecular weight is 601 g/mol. The van der Waals surface area contributed by atoms with E-state index in [0.717, 1.165) is 20.1 Å². The van der Waals surface area contributed by atoms with Crippen molar-refractivity contribution < 1.29 is 18.4 Å². The molecule has 3 heterocycles. The smallest absolute Gasteiger partial charge is 0.362 e. The lowest BCUT2D eigenvalue weighted by Crippen LogP contribution is -2.38. The first-order chi connectivity index (χ1) is 16.7. The molecule has 0 spiro atoms. The molecule has 35 heavy (non-hydrogen) atoms. The first-order valence-corrected chi connectivity index (χ1v) is 12.3. The normalized spacial score (nSPS) is 15.3. The Bertz CT molecular complexity index is 1610. The van der Waals surface area contributed by atoms with Crippen LogP contribution in [-0.4, -0.2) is 21.6 Å². The second kappa shape index (κ2) is 9.01. The minimum Gasteiger partial charge on any atom is -0.459 e. The summed E-state index contributed by atoms with van der Waals surface area (Å²) in [6.45, 7) is 3.49. The summed E-state index contributed by atoms with van der Waals surface area (Å²) in [6.07, 6.45) is 1.25. The van der Waals surface area contributed by atoms with Crippen LogP contribution in [-0.2, 0) is 9.53 Å². The number of nitrogens with two attached hydrogens (primary N) is 1. The maximum Gasteiger partial charge on any atom is 0.362 e. The van der Waals surface area contributed by atoms with Crippen molar-refractivity contribution in [3.63, 3.8) is 0 Å². The Morgan fingerprint density at radius 2 is 1.71 bits per heavy atom. The minimum atomic E-state index is -0.725.